The SMILES string of the molecule is CCNc1nc(Cl)nc(N(C)Cc2ccoc2C)n1. The van der Waals surface area contributed by atoms with Gasteiger partial charge in [0.05, 0.1) is 6.26 Å². The van der Waals surface area contributed by atoms with Crippen molar-refractivity contribution in [2.45, 2.75) is 20.4 Å². The van der Waals surface area contributed by atoms with Crippen LogP contribution in [0.25, 0.3) is 0 Å². The van der Waals surface area contributed by atoms with E-state index in [1.165, 1.54) is 0 Å². The zero-order valence-corrected chi connectivity index (χ0v) is 11.9. The number of rotatable bonds is 5. The molecule has 0 saturated heterocycles. The van der Waals surface area contributed by atoms with Gasteiger partial charge in [-0.3, -0.25) is 0 Å². The molecule has 7 heteroatoms. The van der Waals surface area contributed by atoms with Gasteiger partial charge < -0.3 is 14.6 Å². The largest absolute Gasteiger partial charge is 0.469 e. The topological polar surface area (TPSA) is 67.1 Å². The zero-order chi connectivity index (χ0) is 13.8. The van der Waals surface area contributed by atoms with Crippen LogP contribution < -0.4 is 10.2 Å². The van der Waals surface area contributed by atoms with Gasteiger partial charge in [-0.2, -0.15) is 15.0 Å². The summed E-state index contributed by atoms with van der Waals surface area (Å²) in [5.41, 5.74) is 1.09. The van der Waals surface area contributed by atoms with Gasteiger partial charge in [0.25, 0.3) is 0 Å². The summed E-state index contributed by atoms with van der Waals surface area (Å²) >= 11 is 5.90. The number of aromatic nitrogens is 3. The van der Waals surface area contributed by atoms with E-state index >= 15 is 0 Å². The molecule has 0 atom stereocenters. The van der Waals surface area contributed by atoms with Crippen LogP contribution in [0.3, 0.4) is 0 Å². The fraction of sp³-hybridized carbons (Fsp3) is 0.417. The first-order valence-electron chi connectivity index (χ1n) is 5.99. The smallest absolute Gasteiger partial charge is 0.231 e. The van der Waals surface area contributed by atoms with Crippen molar-refractivity contribution in [3.05, 3.63) is 28.9 Å². The number of hydrogen-bond acceptors (Lipinski definition) is 6. The highest BCUT2D eigenvalue weighted by molar-refractivity contribution is 6.28. The lowest BCUT2D eigenvalue weighted by atomic mass is 10.2. The lowest BCUT2D eigenvalue weighted by Crippen LogP contribution is -2.20. The Kier molecular flexibility index (Phi) is 4.21. The Hall–Kier alpha value is -1.82. The summed E-state index contributed by atoms with van der Waals surface area (Å²) < 4.78 is 5.27. The van der Waals surface area contributed by atoms with Crippen molar-refractivity contribution < 1.29 is 4.42 Å². The quantitative estimate of drug-likeness (QED) is 0.908. The minimum Gasteiger partial charge on any atom is -0.469 e. The molecule has 0 fully saturated rings. The van der Waals surface area contributed by atoms with E-state index in [0.29, 0.717) is 18.4 Å². The van der Waals surface area contributed by atoms with Gasteiger partial charge in [-0.1, -0.05) is 0 Å². The van der Waals surface area contributed by atoms with Crippen molar-refractivity contribution in [3.8, 4) is 0 Å². The number of anilines is 2. The van der Waals surface area contributed by atoms with Crippen molar-refractivity contribution in [2.75, 3.05) is 23.8 Å². The lowest BCUT2D eigenvalue weighted by molar-refractivity contribution is 0.529. The second-order valence-electron chi connectivity index (χ2n) is 4.12. The van der Waals surface area contributed by atoms with E-state index in [9.17, 15) is 0 Å². The monoisotopic (exact) mass is 281 g/mol. The lowest BCUT2D eigenvalue weighted by Gasteiger charge is -2.17. The van der Waals surface area contributed by atoms with Crippen LogP contribution in [0.2, 0.25) is 5.28 Å². The van der Waals surface area contributed by atoms with E-state index in [2.05, 4.69) is 20.3 Å². The van der Waals surface area contributed by atoms with E-state index in [1.807, 2.05) is 31.9 Å². The fourth-order valence-electron chi connectivity index (χ4n) is 1.65. The van der Waals surface area contributed by atoms with Gasteiger partial charge in [-0.25, -0.2) is 0 Å². The van der Waals surface area contributed by atoms with Crippen LogP contribution in [0.1, 0.15) is 18.2 Å². The first-order chi connectivity index (χ1) is 9.10. The summed E-state index contributed by atoms with van der Waals surface area (Å²) in [7, 11) is 1.90. The third kappa shape index (κ3) is 3.35. The van der Waals surface area contributed by atoms with Gasteiger partial charge in [0.15, 0.2) is 0 Å². The molecule has 1 N–H and O–H groups in total. The van der Waals surface area contributed by atoms with Crippen molar-refractivity contribution in [1.29, 1.82) is 0 Å². The number of nitrogens with one attached hydrogen (secondary N) is 1. The van der Waals surface area contributed by atoms with Crippen molar-refractivity contribution in [1.82, 2.24) is 15.0 Å². The molecule has 0 unspecified atom stereocenters. The Morgan fingerprint density at radius 3 is 2.79 bits per heavy atom. The van der Waals surface area contributed by atoms with Crippen LogP contribution in [0.5, 0.6) is 0 Å². The molecule has 0 bridgehead atoms. The van der Waals surface area contributed by atoms with Crippen LogP contribution in [0.4, 0.5) is 11.9 Å². The Morgan fingerprint density at radius 1 is 1.37 bits per heavy atom. The molecule has 6 nitrogen and oxygen atoms in total. The standard InChI is InChI=1S/C12H16ClN5O/c1-4-14-11-15-10(13)16-12(17-11)18(3)7-9-5-6-19-8(9)2/h5-6H,4,7H2,1-3H3,(H,14,15,16,17). The molecule has 0 aromatic carbocycles. The first kappa shape index (κ1) is 13.6. The minimum atomic E-state index is 0.178. The van der Waals surface area contributed by atoms with Crippen LogP contribution in [-0.2, 0) is 6.54 Å². The zero-order valence-electron chi connectivity index (χ0n) is 11.1. The highest BCUT2D eigenvalue weighted by atomic mass is 35.5. The molecule has 2 aromatic rings. The average Bonchev–Trinajstić information content (AvgIpc) is 2.75. The van der Waals surface area contributed by atoms with Gasteiger partial charge >= 0.3 is 0 Å². The second kappa shape index (κ2) is 5.88. The van der Waals surface area contributed by atoms with E-state index < -0.39 is 0 Å². The van der Waals surface area contributed by atoms with Gasteiger partial charge in [0.1, 0.15) is 5.76 Å². The molecular weight excluding hydrogens is 266 g/mol. The molecule has 2 heterocycles. The third-order valence-electron chi connectivity index (χ3n) is 2.65. The number of halogens is 1. The maximum absolute atomic E-state index is 5.90. The van der Waals surface area contributed by atoms with Crippen molar-refractivity contribution in [2.24, 2.45) is 0 Å². The summed E-state index contributed by atoms with van der Waals surface area (Å²) in [5, 5.41) is 3.20. The van der Waals surface area contributed by atoms with Crippen LogP contribution >= 0.6 is 11.6 Å². The highest BCUT2D eigenvalue weighted by Gasteiger charge is 2.11. The molecule has 0 aliphatic carbocycles. The predicted molar refractivity (Wildman–Crippen MR) is 74.6 cm³/mol. The van der Waals surface area contributed by atoms with Crippen molar-refractivity contribution >= 4 is 23.5 Å². The van der Waals surface area contributed by atoms with E-state index in [1.54, 1.807) is 6.26 Å². The molecule has 102 valence electrons. The Balaban J connectivity index is 2.18. The van der Waals surface area contributed by atoms with Gasteiger partial charge in [-0.15, -0.1) is 0 Å². The third-order valence-corrected chi connectivity index (χ3v) is 2.82. The Labute approximate surface area is 116 Å². The Morgan fingerprint density at radius 2 is 2.16 bits per heavy atom. The van der Waals surface area contributed by atoms with Crippen molar-refractivity contribution in [3.63, 3.8) is 0 Å². The summed E-state index contributed by atoms with van der Waals surface area (Å²) in [6.07, 6.45) is 1.67. The predicted octanol–water partition coefficient (Wildman–Crippen LogP) is 2.49. The average molecular weight is 282 g/mol. The molecule has 0 aliphatic heterocycles. The molecule has 2 rings (SSSR count). The van der Waals surface area contributed by atoms with Crippen LogP contribution in [0.15, 0.2) is 16.7 Å². The van der Waals surface area contributed by atoms with Gasteiger partial charge in [0.2, 0.25) is 17.2 Å². The summed E-state index contributed by atoms with van der Waals surface area (Å²) in [6.45, 7) is 5.27. The first-order valence-corrected chi connectivity index (χ1v) is 6.37. The van der Waals surface area contributed by atoms with E-state index in [0.717, 1.165) is 17.9 Å². The molecule has 0 radical (unpaired) electrons. The van der Waals surface area contributed by atoms with E-state index in [4.69, 9.17) is 16.0 Å². The van der Waals surface area contributed by atoms with E-state index in [-0.39, 0.29) is 5.28 Å². The number of furan rings is 1. The number of nitrogens with zero attached hydrogens (tertiary/aromatic N) is 4. The fourth-order valence-corrected chi connectivity index (χ4v) is 1.80. The molecule has 0 aliphatic rings. The molecule has 0 saturated carbocycles. The van der Waals surface area contributed by atoms with Gasteiger partial charge in [0, 0.05) is 25.7 Å². The summed E-state index contributed by atoms with van der Waals surface area (Å²) in [5.74, 6) is 1.89. The second-order valence-corrected chi connectivity index (χ2v) is 4.45. The van der Waals surface area contributed by atoms with Crippen LogP contribution in [0, 0.1) is 6.92 Å². The number of aryl methyl sites for hydroxylation is 1. The number of hydrogen-bond donors (Lipinski definition) is 1. The molecular formula is C12H16ClN5O. The molecule has 2 aromatic heterocycles. The Bertz CT molecular complexity index is 557. The highest BCUT2D eigenvalue weighted by Crippen LogP contribution is 2.17. The van der Waals surface area contributed by atoms with Crippen LogP contribution in [-0.4, -0.2) is 28.5 Å². The minimum absolute atomic E-state index is 0.178. The maximum Gasteiger partial charge on any atom is 0.231 e. The maximum atomic E-state index is 5.90. The molecule has 0 spiro atoms. The van der Waals surface area contributed by atoms with Gasteiger partial charge in [-0.05, 0) is 31.5 Å². The summed E-state index contributed by atoms with van der Waals surface area (Å²) in [4.78, 5) is 14.3. The molecule has 19 heavy (non-hydrogen) atoms. The summed E-state index contributed by atoms with van der Waals surface area (Å²) in [6, 6.07) is 1.93. The molecule has 0 amide bonds. The normalized spacial score (nSPS) is 10.5.